The van der Waals surface area contributed by atoms with E-state index in [1.54, 1.807) is 6.26 Å². The number of nitrogens with one attached hydrogen (secondary N) is 1. The number of likely N-dealkylation sites (tertiary alicyclic amines) is 1. The summed E-state index contributed by atoms with van der Waals surface area (Å²) in [6, 6.07) is 11.1. The van der Waals surface area contributed by atoms with E-state index in [0.717, 1.165) is 49.0 Å². The van der Waals surface area contributed by atoms with Crippen molar-refractivity contribution in [3.05, 3.63) is 48.4 Å². The highest BCUT2D eigenvalue weighted by atomic mass is 32.2. The van der Waals surface area contributed by atoms with Crippen molar-refractivity contribution < 1.29 is 13.9 Å². The summed E-state index contributed by atoms with van der Waals surface area (Å²) in [6.07, 6.45) is 5.95. The van der Waals surface area contributed by atoms with Gasteiger partial charge in [-0.1, -0.05) is 0 Å². The van der Waals surface area contributed by atoms with Crippen LogP contribution in [-0.4, -0.2) is 36.0 Å². The van der Waals surface area contributed by atoms with E-state index in [0.29, 0.717) is 6.61 Å². The number of urea groups is 1. The minimum absolute atomic E-state index is 0.0214. The number of carbonyl (C=O) groups is 1. The van der Waals surface area contributed by atoms with E-state index in [9.17, 15) is 4.79 Å². The predicted octanol–water partition coefficient (Wildman–Crippen LogP) is 4.47. The minimum Gasteiger partial charge on any atom is -0.486 e. The van der Waals surface area contributed by atoms with Crippen molar-refractivity contribution in [3.8, 4) is 5.75 Å². The summed E-state index contributed by atoms with van der Waals surface area (Å²) in [5.41, 5.74) is 0.779. The van der Waals surface area contributed by atoms with Gasteiger partial charge in [-0.15, -0.1) is 0 Å². The minimum atomic E-state index is -0.0214. The van der Waals surface area contributed by atoms with Gasteiger partial charge in [-0.2, -0.15) is 11.8 Å². The Bertz CT molecular complexity index is 650. The van der Waals surface area contributed by atoms with Crippen molar-refractivity contribution in [1.82, 2.24) is 4.90 Å². The smallest absolute Gasteiger partial charge is 0.321 e. The average molecular weight is 360 g/mol. The molecule has 0 atom stereocenters. The van der Waals surface area contributed by atoms with Gasteiger partial charge in [0.15, 0.2) is 0 Å². The summed E-state index contributed by atoms with van der Waals surface area (Å²) in [6.45, 7) is 2.06. The molecular formula is C19H24N2O3S. The molecule has 2 aromatic rings. The molecule has 0 aliphatic carbocycles. The first-order chi connectivity index (χ1) is 12.2. The number of benzene rings is 1. The fraction of sp³-hybridized carbons (Fsp3) is 0.421. The van der Waals surface area contributed by atoms with Gasteiger partial charge in [-0.25, -0.2) is 4.79 Å². The van der Waals surface area contributed by atoms with Crippen LogP contribution in [-0.2, 0) is 6.61 Å². The number of furan rings is 1. The van der Waals surface area contributed by atoms with Crippen LogP contribution in [0, 0.1) is 5.92 Å². The maximum absolute atomic E-state index is 12.4. The Morgan fingerprint density at radius 3 is 2.68 bits per heavy atom. The van der Waals surface area contributed by atoms with Gasteiger partial charge in [0.2, 0.25) is 0 Å². The van der Waals surface area contributed by atoms with Crippen LogP contribution < -0.4 is 10.1 Å². The molecule has 3 rings (SSSR count). The Hall–Kier alpha value is -2.08. The molecule has 0 unspecified atom stereocenters. The monoisotopic (exact) mass is 360 g/mol. The summed E-state index contributed by atoms with van der Waals surface area (Å²) >= 11 is 1.89. The number of nitrogens with zero attached hydrogens (tertiary/aromatic N) is 1. The number of piperidine rings is 1. The predicted molar refractivity (Wildman–Crippen MR) is 101 cm³/mol. The molecule has 134 valence electrons. The van der Waals surface area contributed by atoms with Crippen molar-refractivity contribution in [3.63, 3.8) is 0 Å². The molecule has 2 heterocycles. The fourth-order valence-electron chi connectivity index (χ4n) is 2.92. The Balaban J connectivity index is 1.45. The van der Waals surface area contributed by atoms with E-state index in [1.165, 1.54) is 5.75 Å². The molecule has 1 aliphatic rings. The standard InChI is InChI=1S/C19H24N2O3S/c1-25-14-15-8-10-21(11-9-15)19(22)20-16-4-6-17(7-5-16)24-13-18-3-2-12-23-18/h2-7,12,15H,8-11,13-14H2,1H3,(H,20,22). The van der Waals surface area contributed by atoms with E-state index in [4.69, 9.17) is 9.15 Å². The first-order valence-electron chi connectivity index (χ1n) is 8.54. The molecular weight excluding hydrogens is 336 g/mol. The van der Waals surface area contributed by atoms with Crippen LogP contribution >= 0.6 is 11.8 Å². The zero-order valence-electron chi connectivity index (χ0n) is 14.4. The van der Waals surface area contributed by atoms with Crippen LogP contribution in [0.3, 0.4) is 0 Å². The fourth-order valence-corrected chi connectivity index (χ4v) is 3.73. The Kier molecular flexibility index (Phi) is 6.28. The van der Waals surface area contributed by atoms with E-state index < -0.39 is 0 Å². The van der Waals surface area contributed by atoms with E-state index in [2.05, 4.69) is 11.6 Å². The summed E-state index contributed by atoms with van der Waals surface area (Å²) in [5, 5.41) is 2.96. The molecule has 1 fully saturated rings. The molecule has 25 heavy (non-hydrogen) atoms. The second-order valence-corrected chi connectivity index (χ2v) is 7.12. The summed E-state index contributed by atoms with van der Waals surface area (Å²) in [5.74, 6) is 3.45. The Morgan fingerprint density at radius 2 is 2.04 bits per heavy atom. The molecule has 0 spiro atoms. The largest absolute Gasteiger partial charge is 0.486 e. The first-order valence-corrected chi connectivity index (χ1v) is 9.94. The lowest BCUT2D eigenvalue weighted by Gasteiger charge is -2.31. The number of anilines is 1. The Morgan fingerprint density at radius 1 is 1.28 bits per heavy atom. The van der Waals surface area contributed by atoms with Gasteiger partial charge in [-0.05, 0) is 67.2 Å². The van der Waals surface area contributed by atoms with Gasteiger partial charge in [0.05, 0.1) is 6.26 Å². The first kappa shape index (κ1) is 17.7. The van der Waals surface area contributed by atoms with Crippen LogP contribution in [0.15, 0.2) is 47.1 Å². The van der Waals surface area contributed by atoms with Gasteiger partial charge in [0.1, 0.15) is 18.1 Å². The molecule has 0 bridgehead atoms. The van der Waals surface area contributed by atoms with Crippen LogP contribution in [0.1, 0.15) is 18.6 Å². The number of ether oxygens (including phenoxy) is 1. The summed E-state index contributed by atoms with van der Waals surface area (Å²) < 4.78 is 10.9. The number of thioether (sulfide) groups is 1. The third-order valence-corrected chi connectivity index (χ3v) is 5.18. The van der Waals surface area contributed by atoms with Gasteiger partial charge < -0.3 is 19.4 Å². The highest BCUT2D eigenvalue weighted by Crippen LogP contribution is 2.22. The number of hydrogen-bond acceptors (Lipinski definition) is 4. The summed E-state index contributed by atoms with van der Waals surface area (Å²) in [4.78, 5) is 14.3. The number of hydrogen-bond donors (Lipinski definition) is 1. The molecule has 0 radical (unpaired) electrons. The molecule has 2 amide bonds. The van der Waals surface area contributed by atoms with Crippen LogP contribution in [0.25, 0.3) is 0 Å². The van der Waals surface area contributed by atoms with Crippen molar-refractivity contribution in [2.75, 3.05) is 30.4 Å². The number of rotatable bonds is 6. The van der Waals surface area contributed by atoms with Gasteiger partial charge in [0, 0.05) is 18.8 Å². The highest BCUT2D eigenvalue weighted by Gasteiger charge is 2.22. The molecule has 5 nitrogen and oxygen atoms in total. The van der Waals surface area contributed by atoms with Gasteiger partial charge in [-0.3, -0.25) is 0 Å². The molecule has 1 N–H and O–H groups in total. The van der Waals surface area contributed by atoms with Gasteiger partial charge >= 0.3 is 6.03 Å². The molecule has 0 saturated carbocycles. The highest BCUT2D eigenvalue weighted by molar-refractivity contribution is 7.98. The average Bonchev–Trinajstić information content (AvgIpc) is 3.15. The zero-order valence-corrected chi connectivity index (χ0v) is 15.3. The molecule has 1 aromatic heterocycles. The molecule has 1 saturated heterocycles. The normalized spacial score (nSPS) is 15.2. The second-order valence-electron chi connectivity index (χ2n) is 6.21. The van der Waals surface area contributed by atoms with Crippen LogP contribution in [0.2, 0.25) is 0 Å². The van der Waals surface area contributed by atoms with Crippen LogP contribution in [0.5, 0.6) is 5.75 Å². The van der Waals surface area contributed by atoms with Gasteiger partial charge in [0.25, 0.3) is 0 Å². The number of amides is 2. The lowest BCUT2D eigenvalue weighted by molar-refractivity contribution is 0.187. The topological polar surface area (TPSA) is 54.7 Å². The quantitative estimate of drug-likeness (QED) is 0.826. The van der Waals surface area contributed by atoms with E-state index >= 15 is 0 Å². The van der Waals surface area contributed by atoms with Crippen molar-refractivity contribution in [2.24, 2.45) is 5.92 Å². The SMILES string of the molecule is CSCC1CCN(C(=O)Nc2ccc(OCc3ccco3)cc2)CC1. The third kappa shape index (κ3) is 5.19. The van der Waals surface area contributed by atoms with Crippen molar-refractivity contribution in [1.29, 1.82) is 0 Å². The Labute approximate surface area is 152 Å². The maximum atomic E-state index is 12.4. The molecule has 6 heteroatoms. The number of carbonyl (C=O) groups excluding carboxylic acids is 1. The lowest BCUT2D eigenvalue weighted by Crippen LogP contribution is -2.41. The zero-order chi connectivity index (χ0) is 17.5. The van der Waals surface area contributed by atoms with Crippen molar-refractivity contribution >= 4 is 23.5 Å². The van der Waals surface area contributed by atoms with E-state index in [1.807, 2.05) is 53.1 Å². The third-order valence-electron chi connectivity index (χ3n) is 4.37. The lowest BCUT2D eigenvalue weighted by atomic mass is 9.99. The van der Waals surface area contributed by atoms with Crippen LogP contribution in [0.4, 0.5) is 10.5 Å². The van der Waals surface area contributed by atoms with Crippen molar-refractivity contribution in [2.45, 2.75) is 19.4 Å². The second kappa shape index (κ2) is 8.85. The molecule has 1 aromatic carbocycles. The van der Waals surface area contributed by atoms with E-state index in [-0.39, 0.29) is 6.03 Å². The maximum Gasteiger partial charge on any atom is 0.321 e. The summed E-state index contributed by atoms with van der Waals surface area (Å²) in [7, 11) is 0. The molecule has 1 aliphatic heterocycles.